The summed E-state index contributed by atoms with van der Waals surface area (Å²) in [5.41, 5.74) is 6.68. The van der Waals surface area contributed by atoms with Crippen LogP contribution in [0.3, 0.4) is 0 Å². The topological polar surface area (TPSA) is 71.8 Å². The molecule has 6 heteroatoms. The molecule has 4 nitrogen and oxygen atoms in total. The molecule has 0 aliphatic carbocycles. The molecule has 0 spiro atoms. The summed E-state index contributed by atoms with van der Waals surface area (Å²) in [7, 11) is 0. The van der Waals surface area contributed by atoms with Crippen LogP contribution in [-0.2, 0) is 0 Å². The maximum atomic E-state index is 13.1. The molecule has 0 fully saturated rings. The van der Waals surface area contributed by atoms with Crippen LogP contribution in [0.1, 0.15) is 23.0 Å². The van der Waals surface area contributed by atoms with E-state index >= 15 is 0 Å². The van der Waals surface area contributed by atoms with Gasteiger partial charge in [-0.05, 0) is 18.2 Å². The summed E-state index contributed by atoms with van der Waals surface area (Å²) in [5.74, 6) is -0.852. The van der Waals surface area contributed by atoms with Gasteiger partial charge in [-0.1, -0.05) is 11.6 Å². The van der Waals surface area contributed by atoms with E-state index in [1.165, 1.54) is 35.9 Å². The van der Waals surface area contributed by atoms with Crippen LogP contribution in [0.15, 0.2) is 24.4 Å². The fourth-order valence-electron chi connectivity index (χ4n) is 1.81. The fourth-order valence-corrected chi connectivity index (χ4v) is 1.98. The average molecular weight is 278 g/mol. The van der Waals surface area contributed by atoms with Gasteiger partial charge in [0, 0.05) is 18.8 Å². The van der Waals surface area contributed by atoms with Crippen LogP contribution >= 0.6 is 11.6 Å². The van der Waals surface area contributed by atoms with Gasteiger partial charge >= 0.3 is 0 Å². The fraction of sp³-hybridized carbons (Fsp3) is 0.0769. The third-order valence-electron chi connectivity index (χ3n) is 2.68. The van der Waals surface area contributed by atoms with Crippen molar-refractivity contribution in [2.75, 3.05) is 5.73 Å². The summed E-state index contributed by atoms with van der Waals surface area (Å²) < 4.78 is 14.6. The lowest BCUT2D eigenvalue weighted by molar-refractivity contribution is 0.101. The Kier molecular flexibility index (Phi) is 3.28. The van der Waals surface area contributed by atoms with Gasteiger partial charge in [0.1, 0.15) is 17.6 Å². The highest BCUT2D eigenvalue weighted by molar-refractivity contribution is 6.30. The minimum Gasteiger partial charge on any atom is -0.396 e. The predicted octanol–water partition coefficient (Wildman–Crippen LogP) is 2.93. The van der Waals surface area contributed by atoms with E-state index in [1.807, 2.05) is 6.07 Å². The minimum atomic E-state index is -0.560. The lowest BCUT2D eigenvalue weighted by Gasteiger charge is -2.08. The zero-order valence-corrected chi connectivity index (χ0v) is 10.7. The smallest absolute Gasteiger partial charge is 0.178 e. The minimum absolute atomic E-state index is 0.0715. The molecule has 0 saturated carbocycles. The first-order valence-corrected chi connectivity index (χ1v) is 5.70. The normalized spacial score (nSPS) is 10.2. The van der Waals surface area contributed by atoms with Crippen molar-refractivity contribution in [2.45, 2.75) is 6.92 Å². The van der Waals surface area contributed by atoms with Crippen LogP contribution in [0.2, 0.25) is 5.02 Å². The average Bonchev–Trinajstić information content (AvgIpc) is 2.69. The first kappa shape index (κ1) is 13.1. The number of carbonyl (C=O) groups excluding carboxylic acids is 1. The van der Waals surface area contributed by atoms with Gasteiger partial charge in [-0.2, -0.15) is 5.26 Å². The number of hydrogen-bond donors (Lipinski definition) is 1. The number of halogens is 2. The molecule has 0 aliphatic rings. The van der Waals surface area contributed by atoms with Gasteiger partial charge in [0.25, 0.3) is 0 Å². The Bertz CT molecular complexity index is 715. The molecule has 1 heterocycles. The van der Waals surface area contributed by atoms with Crippen LogP contribution in [0.5, 0.6) is 0 Å². The Morgan fingerprint density at radius 2 is 2.21 bits per heavy atom. The highest BCUT2D eigenvalue weighted by atomic mass is 35.5. The standard InChI is InChI=1S/C13H9ClFN3O/c1-7(19)13-12(17)8(5-16)6-18(13)9-2-3-11(15)10(14)4-9/h2-4,6H,17H2,1H3. The number of benzene rings is 1. The zero-order valence-electron chi connectivity index (χ0n) is 9.95. The van der Waals surface area contributed by atoms with Crippen molar-refractivity contribution < 1.29 is 9.18 Å². The van der Waals surface area contributed by atoms with Crippen LogP contribution in [0.25, 0.3) is 5.69 Å². The number of carbonyl (C=O) groups is 1. The molecule has 19 heavy (non-hydrogen) atoms. The van der Waals surface area contributed by atoms with Crippen molar-refractivity contribution >= 4 is 23.1 Å². The molecule has 1 aromatic heterocycles. The summed E-state index contributed by atoms with van der Waals surface area (Å²) in [6.07, 6.45) is 1.43. The number of nitrogens with two attached hydrogens (primary N) is 1. The van der Waals surface area contributed by atoms with Crippen LogP contribution < -0.4 is 5.73 Å². The highest BCUT2D eigenvalue weighted by Crippen LogP contribution is 2.26. The lowest BCUT2D eigenvalue weighted by Crippen LogP contribution is -2.06. The van der Waals surface area contributed by atoms with Crippen molar-refractivity contribution in [3.05, 3.63) is 46.5 Å². The molecule has 0 amide bonds. The number of rotatable bonds is 2. The summed E-state index contributed by atoms with van der Waals surface area (Å²) in [4.78, 5) is 11.6. The van der Waals surface area contributed by atoms with Gasteiger partial charge in [-0.15, -0.1) is 0 Å². The van der Waals surface area contributed by atoms with Crippen molar-refractivity contribution in [1.29, 1.82) is 5.26 Å². The Morgan fingerprint density at radius 3 is 2.74 bits per heavy atom. The van der Waals surface area contributed by atoms with Crippen molar-refractivity contribution in [3.63, 3.8) is 0 Å². The molecule has 0 saturated heterocycles. The van der Waals surface area contributed by atoms with Crippen LogP contribution in [0, 0.1) is 17.1 Å². The highest BCUT2D eigenvalue weighted by Gasteiger charge is 2.18. The largest absolute Gasteiger partial charge is 0.396 e. The van der Waals surface area contributed by atoms with E-state index in [9.17, 15) is 9.18 Å². The molecular weight excluding hydrogens is 269 g/mol. The molecule has 0 aliphatic heterocycles. The predicted molar refractivity (Wildman–Crippen MR) is 69.9 cm³/mol. The number of hydrogen-bond acceptors (Lipinski definition) is 3. The Balaban J connectivity index is 2.71. The summed E-state index contributed by atoms with van der Waals surface area (Å²) >= 11 is 5.71. The van der Waals surface area contributed by atoms with Crippen LogP contribution in [-0.4, -0.2) is 10.4 Å². The SMILES string of the molecule is CC(=O)c1c(N)c(C#N)cn1-c1ccc(F)c(Cl)c1. The van der Waals surface area contributed by atoms with E-state index in [4.69, 9.17) is 22.6 Å². The maximum Gasteiger partial charge on any atom is 0.178 e. The van der Waals surface area contributed by atoms with Gasteiger partial charge < -0.3 is 10.3 Å². The van der Waals surface area contributed by atoms with Gasteiger partial charge in [0.05, 0.1) is 16.3 Å². The molecule has 0 unspecified atom stereocenters. The second-order valence-corrected chi connectivity index (χ2v) is 4.35. The summed E-state index contributed by atoms with van der Waals surface area (Å²) in [6.45, 7) is 1.34. The number of nitriles is 1. The maximum absolute atomic E-state index is 13.1. The third kappa shape index (κ3) is 2.18. The van der Waals surface area contributed by atoms with E-state index in [0.717, 1.165) is 0 Å². The molecule has 0 bridgehead atoms. The van der Waals surface area contributed by atoms with E-state index in [0.29, 0.717) is 5.69 Å². The summed E-state index contributed by atoms with van der Waals surface area (Å²) in [6, 6.07) is 5.90. The van der Waals surface area contributed by atoms with Crippen LogP contribution in [0.4, 0.5) is 10.1 Å². The van der Waals surface area contributed by atoms with Crippen molar-refractivity contribution in [2.24, 2.45) is 0 Å². The molecule has 0 radical (unpaired) electrons. The van der Waals surface area contributed by atoms with Gasteiger partial charge in [0.2, 0.25) is 0 Å². The number of Topliss-reactive ketones (excluding diaryl/α,β-unsaturated/α-hetero) is 1. The quantitative estimate of drug-likeness (QED) is 0.858. The number of ketones is 1. The Labute approximate surface area is 113 Å². The van der Waals surface area contributed by atoms with E-state index in [1.54, 1.807) is 0 Å². The molecular formula is C13H9ClFN3O. The van der Waals surface area contributed by atoms with E-state index in [2.05, 4.69) is 0 Å². The van der Waals surface area contributed by atoms with Gasteiger partial charge in [-0.3, -0.25) is 4.79 Å². The number of anilines is 1. The van der Waals surface area contributed by atoms with E-state index in [-0.39, 0.29) is 27.8 Å². The molecule has 2 aromatic rings. The second kappa shape index (κ2) is 4.75. The molecule has 96 valence electrons. The van der Waals surface area contributed by atoms with Crippen molar-refractivity contribution in [1.82, 2.24) is 4.57 Å². The number of aromatic nitrogens is 1. The second-order valence-electron chi connectivity index (χ2n) is 3.94. The monoisotopic (exact) mass is 277 g/mol. The van der Waals surface area contributed by atoms with E-state index < -0.39 is 5.82 Å². The first-order valence-electron chi connectivity index (χ1n) is 5.33. The van der Waals surface area contributed by atoms with Gasteiger partial charge in [0.15, 0.2) is 5.78 Å². The lowest BCUT2D eigenvalue weighted by atomic mass is 10.2. The third-order valence-corrected chi connectivity index (χ3v) is 2.97. The molecule has 0 atom stereocenters. The number of nitrogens with zero attached hydrogens (tertiary/aromatic N) is 2. The zero-order chi connectivity index (χ0) is 14.2. The molecule has 1 aromatic carbocycles. The molecule has 2 N–H and O–H groups in total. The Hall–Kier alpha value is -2.32. The Morgan fingerprint density at radius 1 is 1.53 bits per heavy atom. The first-order chi connectivity index (χ1) is 8.95. The number of nitrogen functional groups attached to an aromatic ring is 1. The van der Waals surface area contributed by atoms with Gasteiger partial charge in [-0.25, -0.2) is 4.39 Å². The molecule has 2 rings (SSSR count). The summed E-state index contributed by atoms with van der Waals surface area (Å²) in [5, 5.41) is 8.87. The van der Waals surface area contributed by atoms with Crippen molar-refractivity contribution in [3.8, 4) is 11.8 Å².